The third kappa shape index (κ3) is 20.7. The molecule has 0 amide bonds. The molecule has 0 atom stereocenters. The van der Waals surface area contributed by atoms with Gasteiger partial charge in [-0.25, -0.2) is 0 Å². The van der Waals surface area contributed by atoms with Crippen molar-refractivity contribution in [1.82, 2.24) is 0 Å². The van der Waals surface area contributed by atoms with Gasteiger partial charge in [-0.2, -0.15) is 0 Å². The quantitative estimate of drug-likeness (QED) is 0.273. The highest BCUT2D eigenvalue weighted by Crippen LogP contribution is 2.12. The lowest BCUT2D eigenvalue weighted by molar-refractivity contribution is -0.870. The molecule has 0 radical (unpaired) electrons. The summed E-state index contributed by atoms with van der Waals surface area (Å²) in [7, 11) is 6.87. The first-order valence-corrected chi connectivity index (χ1v) is 8.36. The first-order valence-electron chi connectivity index (χ1n) is 8.36. The van der Waals surface area contributed by atoms with Gasteiger partial charge >= 0.3 is 0 Å². The van der Waals surface area contributed by atoms with Gasteiger partial charge in [-0.15, -0.1) is 0 Å². The van der Waals surface area contributed by atoms with E-state index in [0.717, 1.165) is 4.48 Å². The summed E-state index contributed by atoms with van der Waals surface area (Å²) in [5.74, 6) is 0. The van der Waals surface area contributed by atoms with Crippen LogP contribution in [-0.4, -0.2) is 43.1 Å². The van der Waals surface area contributed by atoms with Gasteiger partial charge in [-0.1, -0.05) is 71.1 Å². The molecular formula is C17H42NSi+. The summed E-state index contributed by atoms with van der Waals surface area (Å²) in [4.78, 5) is 0. The Bertz CT molecular complexity index is 163. The second-order valence-corrected chi connectivity index (χ2v) is 6.90. The van der Waals surface area contributed by atoms with Crippen LogP contribution in [0.1, 0.15) is 84.0 Å². The maximum absolute atomic E-state index is 2.29. The molecule has 0 aliphatic heterocycles. The molecule has 0 heterocycles. The summed E-state index contributed by atoms with van der Waals surface area (Å²) in [5, 5.41) is 0. The fourth-order valence-electron chi connectivity index (χ4n) is 2.43. The van der Waals surface area contributed by atoms with Crippen molar-refractivity contribution in [3.63, 3.8) is 0 Å². The predicted molar refractivity (Wildman–Crippen MR) is 95.3 cm³/mol. The fourth-order valence-corrected chi connectivity index (χ4v) is 2.43. The average Bonchev–Trinajstić information content (AvgIpc) is 2.29. The van der Waals surface area contributed by atoms with Gasteiger partial charge in [0, 0.05) is 0 Å². The molecule has 0 aromatic heterocycles. The van der Waals surface area contributed by atoms with Gasteiger partial charge in [0.15, 0.2) is 0 Å². The Hall–Kier alpha value is 0.177. The van der Waals surface area contributed by atoms with Crippen molar-refractivity contribution in [3.05, 3.63) is 0 Å². The van der Waals surface area contributed by atoms with E-state index in [0.29, 0.717) is 0 Å². The van der Waals surface area contributed by atoms with Gasteiger partial charge in [-0.05, 0) is 23.8 Å². The van der Waals surface area contributed by atoms with Gasteiger partial charge in [0.1, 0.15) is 0 Å². The Balaban J connectivity index is 0. The van der Waals surface area contributed by atoms with Crippen molar-refractivity contribution in [3.8, 4) is 0 Å². The van der Waals surface area contributed by atoms with Gasteiger partial charge in [0.2, 0.25) is 0 Å². The van der Waals surface area contributed by atoms with Crippen LogP contribution in [0.3, 0.4) is 0 Å². The van der Waals surface area contributed by atoms with E-state index in [2.05, 4.69) is 28.1 Å². The van der Waals surface area contributed by atoms with Crippen LogP contribution in [0, 0.1) is 0 Å². The maximum Gasteiger partial charge on any atom is 0.0780 e. The van der Waals surface area contributed by atoms with E-state index < -0.39 is 0 Å². The molecule has 0 saturated heterocycles. The predicted octanol–water partition coefficient (Wildman–Crippen LogP) is 3.94. The lowest BCUT2D eigenvalue weighted by atomic mass is 10.1. The summed E-state index contributed by atoms with van der Waals surface area (Å²) >= 11 is 0. The van der Waals surface area contributed by atoms with Crippen LogP contribution in [0.25, 0.3) is 0 Å². The van der Waals surface area contributed by atoms with Gasteiger partial charge in [0.05, 0.1) is 27.7 Å². The zero-order valence-electron chi connectivity index (χ0n) is 13.6. The molecule has 0 aromatic rings. The Labute approximate surface area is 127 Å². The van der Waals surface area contributed by atoms with Gasteiger partial charge < -0.3 is 4.48 Å². The molecule has 0 aliphatic rings. The van der Waals surface area contributed by atoms with E-state index in [4.69, 9.17) is 0 Å². The first kappa shape index (κ1) is 21.5. The Morgan fingerprint density at radius 2 is 0.842 bits per heavy atom. The smallest absolute Gasteiger partial charge is 0.0780 e. The fraction of sp³-hybridized carbons (Fsp3) is 1.00. The van der Waals surface area contributed by atoms with Crippen molar-refractivity contribution in [2.24, 2.45) is 0 Å². The van der Waals surface area contributed by atoms with Crippen molar-refractivity contribution < 1.29 is 4.48 Å². The molecule has 0 aliphatic carbocycles. The van der Waals surface area contributed by atoms with Crippen LogP contribution < -0.4 is 0 Å². The van der Waals surface area contributed by atoms with E-state index in [9.17, 15) is 0 Å². The number of rotatable bonds is 13. The summed E-state index contributed by atoms with van der Waals surface area (Å²) in [6.45, 7) is 3.62. The number of nitrogens with zero attached hydrogens (tertiary/aromatic N) is 1. The standard InChI is InChI=1S/C17H38N.H4Si/c1-5-6-7-8-9-10-11-12-13-14-15-16-17-18(2,3)4;/h5-17H2,1-4H3;1H4/q+1;. The molecule has 0 spiro atoms. The molecule has 1 nitrogen and oxygen atoms in total. The van der Waals surface area contributed by atoms with E-state index in [-0.39, 0.29) is 11.0 Å². The molecule has 0 N–H and O–H groups in total. The number of quaternary nitrogens is 1. The van der Waals surface area contributed by atoms with E-state index >= 15 is 0 Å². The molecule has 19 heavy (non-hydrogen) atoms. The van der Waals surface area contributed by atoms with Crippen LogP contribution in [0.4, 0.5) is 0 Å². The van der Waals surface area contributed by atoms with Crippen LogP contribution in [-0.2, 0) is 0 Å². The van der Waals surface area contributed by atoms with Gasteiger partial charge in [0.25, 0.3) is 0 Å². The SMILES string of the molecule is CCCCCCCCCCCCCC[N+](C)(C)C.[SiH4]. The lowest BCUT2D eigenvalue weighted by Gasteiger charge is -2.23. The Morgan fingerprint density at radius 1 is 0.526 bits per heavy atom. The summed E-state index contributed by atoms with van der Waals surface area (Å²) in [6, 6.07) is 0. The molecule has 0 unspecified atom stereocenters. The lowest BCUT2D eigenvalue weighted by Crippen LogP contribution is -2.35. The maximum atomic E-state index is 2.29. The Kier molecular flexibility index (Phi) is 16.5. The average molecular weight is 289 g/mol. The van der Waals surface area contributed by atoms with Crippen molar-refractivity contribution in [2.45, 2.75) is 84.0 Å². The second kappa shape index (κ2) is 14.6. The zero-order valence-corrected chi connectivity index (χ0v) is 13.6. The van der Waals surface area contributed by atoms with Crippen LogP contribution >= 0.6 is 0 Å². The van der Waals surface area contributed by atoms with Crippen LogP contribution in [0.2, 0.25) is 0 Å². The highest BCUT2D eigenvalue weighted by Gasteiger charge is 2.04. The molecule has 0 fully saturated rings. The van der Waals surface area contributed by atoms with Crippen molar-refractivity contribution >= 4 is 11.0 Å². The Morgan fingerprint density at radius 3 is 1.16 bits per heavy atom. The molecule has 118 valence electrons. The molecule has 0 rings (SSSR count). The summed E-state index contributed by atoms with van der Waals surface area (Å²) in [5.41, 5.74) is 0. The number of hydrogen-bond acceptors (Lipinski definition) is 0. The minimum absolute atomic E-state index is 0. The van der Waals surface area contributed by atoms with Crippen LogP contribution in [0.5, 0.6) is 0 Å². The van der Waals surface area contributed by atoms with Gasteiger partial charge in [-0.3, -0.25) is 0 Å². The highest BCUT2D eigenvalue weighted by molar-refractivity contribution is 5.75. The van der Waals surface area contributed by atoms with E-state index in [1.807, 2.05) is 0 Å². The molecular weight excluding hydrogens is 246 g/mol. The number of hydrogen-bond donors (Lipinski definition) is 0. The molecule has 0 bridgehead atoms. The molecule has 0 saturated carbocycles. The van der Waals surface area contributed by atoms with E-state index in [1.165, 1.54) is 83.6 Å². The number of unbranched alkanes of at least 4 members (excludes halogenated alkanes) is 11. The first-order chi connectivity index (χ1) is 8.56. The topological polar surface area (TPSA) is 0 Å². The molecule has 2 heteroatoms. The van der Waals surface area contributed by atoms with E-state index in [1.54, 1.807) is 0 Å². The summed E-state index contributed by atoms with van der Waals surface area (Å²) < 4.78 is 1.12. The minimum atomic E-state index is 0. The zero-order chi connectivity index (χ0) is 13.7. The third-order valence-electron chi connectivity index (χ3n) is 3.68. The second-order valence-electron chi connectivity index (χ2n) is 6.90. The molecule has 0 aromatic carbocycles. The third-order valence-corrected chi connectivity index (χ3v) is 3.68. The van der Waals surface area contributed by atoms with Crippen molar-refractivity contribution in [2.75, 3.05) is 27.7 Å². The highest BCUT2D eigenvalue weighted by atomic mass is 28.1. The van der Waals surface area contributed by atoms with Crippen LogP contribution in [0.15, 0.2) is 0 Å². The monoisotopic (exact) mass is 288 g/mol. The normalized spacial score (nSPS) is 11.4. The largest absolute Gasteiger partial charge is 0.331 e. The summed E-state index contributed by atoms with van der Waals surface area (Å²) in [6.07, 6.45) is 17.4. The minimum Gasteiger partial charge on any atom is -0.331 e. The van der Waals surface area contributed by atoms with Crippen molar-refractivity contribution in [1.29, 1.82) is 0 Å².